The number of rotatable bonds is 7. The van der Waals surface area contributed by atoms with Gasteiger partial charge in [-0.1, -0.05) is 13.8 Å². The summed E-state index contributed by atoms with van der Waals surface area (Å²) in [5, 5.41) is 0.0158. The summed E-state index contributed by atoms with van der Waals surface area (Å²) in [7, 11) is -1.99. The summed E-state index contributed by atoms with van der Waals surface area (Å²) < 4.78 is 28.0. The minimum atomic E-state index is -3.59. The molecule has 0 fully saturated rings. The monoisotopic (exact) mass is 275 g/mol. The van der Waals surface area contributed by atoms with Crippen molar-refractivity contribution >= 4 is 15.8 Å². The third-order valence-electron chi connectivity index (χ3n) is 2.78. The zero-order valence-corrected chi connectivity index (χ0v) is 11.9. The van der Waals surface area contributed by atoms with Crippen LogP contribution in [0.1, 0.15) is 13.8 Å². The van der Waals surface area contributed by atoms with Gasteiger partial charge in [0.05, 0.1) is 6.33 Å². The Morgan fingerprint density at radius 3 is 2.50 bits per heavy atom. The Morgan fingerprint density at radius 1 is 1.44 bits per heavy atom. The summed E-state index contributed by atoms with van der Waals surface area (Å²) in [4.78, 5) is 5.90. The van der Waals surface area contributed by atoms with Gasteiger partial charge in [-0.15, -0.1) is 0 Å². The van der Waals surface area contributed by atoms with Gasteiger partial charge in [0, 0.05) is 20.1 Å². The van der Waals surface area contributed by atoms with E-state index in [0.717, 1.165) is 13.1 Å². The first-order chi connectivity index (χ1) is 8.42. The average molecular weight is 275 g/mol. The van der Waals surface area contributed by atoms with E-state index in [1.807, 2.05) is 13.8 Å². The summed E-state index contributed by atoms with van der Waals surface area (Å²) in [5.41, 5.74) is 5.55. The normalized spacial score (nSPS) is 12.2. The number of imidazole rings is 1. The number of sulfonamides is 1. The highest BCUT2D eigenvalue weighted by molar-refractivity contribution is 7.89. The molecule has 0 aliphatic heterocycles. The largest absolute Gasteiger partial charge is 0.381 e. The number of nitrogens with zero attached hydrogens (tertiary/aromatic N) is 3. The molecule has 3 N–H and O–H groups in total. The fourth-order valence-corrected chi connectivity index (χ4v) is 2.96. The molecule has 1 aromatic rings. The molecular weight excluding hydrogens is 254 g/mol. The maximum Gasteiger partial charge on any atom is 0.260 e. The zero-order valence-electron chi connectivity index (χ0n) is 11.0. The van der Waals surface area contributed by atoms with Crippen molar-refractivity contribution in [3.05, 3.63) is 6.33 Å². The number of hydrogen-bond acceptors (Lipinski definition) is 5. The second-order valence-corrected chi connectivity index (χ2v) is 5.65. The van der Waals surface area contributed by atoms with Gasteiger partial charge in [-0.2, -0.15) is 0 Å². The van der Waals surface area contributed by atoms with E-state index in [-0.39, 0.29) is 10.8 Å². The molecule has 0 bridgehead atoms. The molecule has 0 saturated heterocycles. The van der Waals surface area contributed by atoms with Crippen molar-refractivity contribution in [2.45, 2.75) is 18.9 Å². The Balaban J connectivity index is 2.67. The van der Waals surface area contributed by atoms with Crippen LogP contribution in [0.25, 0.3) is 0 Å². The quantitative estimate of drug-likeness (QED) is 0.707. The molecule has 0 spiro atoms. The summed E-state index contributed by atoms with van der Waals surface area (Å²) in [6.45, 7) is 6.89. The predicted molar refractivity (Wildman–Crippen MR) is 70.6 cm³/mol. The number of nitrogens with one attached hydrogen (secondary N) is 1. The van der Waals surface area contributed by atoms with Crippen LogP contribution in [0.2, 0.25) is 0 Å². The van der Waals surface area contributed by atoms with Crippen molar-refractivity contribution in [1.29, 1.82) is 0 Å². The van der Waals surface area contributed by atoms with Crippen LogP contribution < -0.4 is 10.5 Å². The van der Waals surface area contributed by atoms with Crippen molar-refractivity contribution < 1.29 is 8.42 Å². The highest BCUT2D eigenvalue weighted by Crippen LogP contribution is 2.14. The van der Waals surface area contributed by atoms with Crippen LogP contribution in [0.4, 0.5) is 5.82 Å². The van der Waals surface area contributed by atoms with E-state index in [1.54, 1.807) is 7.05 Å². The molecule has 8 heteroatoms. The molecular formula is C10H21N5O2S. The van der Waals surface area contributed by atoms with E-state index in [9.17, 15) is 8.42 Å². The van der Waals surface area contributed by atoms with Crippen LogP contribution in [0.3, 0.4) is 0 Å². The first-order valence-corrected chi connectivity index (χ1v) is 7.39. The van der Waals surface area contributed by atoms with E-state index in [2.05, 4.69) is 14.6 Å². The van der Waals surface area contributed by atoms with Crippen molar-refractivity contribution in [2.75, 3.05) is 31.9 Å². The number of nitrogens with two attached hydrogens (primary N) is 1. The molecule has 1 aromatic heterocycles. The summed E-state index contributed by atoms with van der Waals surface area (Å²) in [6, 6.07) is 0. The minimum absolute atomic E-state index is 0.0158. The highest BCUT2D eigenvalue weighted by atomic mass is 32.2. The van der Waals surface area contributed by atoms with Crippen LogP contribution in [0.15, 0.2) is 11.4 Å². The lowest BCUT2D eigenvalue weighted by molar-refractivity contribution is 0.309. The minimum Gasteiger partial charge on any atom is -0.381 e. The van der Waals surface area contributed by atoms with Gasteiger partial charge in [0.15, 0.2) is 10.8 Å². The van der Waals surface area contributed by atoms with Gasteiger partial charge in [-0.25, -0.2) is 18.1 Å². The van der Waals surface area contributed by atoms with Gasteiger partial charge in [0.2, 0.25) is 0 Å². The lowest BCUT2D eigenvalue weighted by Crippen LogP contribution is -2.35. The third-order valence-corrected chi connectivity index (χ3v) is 4.37. The Morgan fingerprint density at radius 2 is 2.06 bits per heavy atom. The van der Waals surface area contributed by atoms with Gasteiger partial charge in [-0.3, -0.25) is 0 Å². The maximum absolute atomic E-state index is 12.0. The van der Waals surface area contributed by atoms with Crippen LogP contribution in [-0.4, -0.2) is 49.0 Å². The van der Waals surface area contributed by atoms with Crippen molar-refractivity contribution in [1.82, 2.24) is 19.2 Å². The van der Waals surface area contributed by atoms with Crippen LogP contribution >= 0.6 is 0 Å². The molecule has 0 radical (unpaired) electrons. The number of hydrogen-bond donors (Lipinski definition) is 2. The Kier molecular flexibility index (Phi) is 5.12. The SMILES string of the molecule is CCN(CC)CCNS(=O)(=O)c1c(N)ncn1C. The second kappa shape index (κ2) is 6.17. The number of anilines is 1. The molecule has 0 aliphatic rings. The van der Waals surface area contributed by atoms with E-state index in [1.165, 1.54) is 10.9 Å². The molecule has 1 rings (SSSR count). The maximum atomic E-state index is 12.0. The zero-order chi connectivity index (χ0) is 13.8. The van der Waals surface area contributed by atoms with E-state index in [0.29, 0.717) is 13.1 Å². The number of aromatic nitrogens is 2. The smallest absolute Gasteiger partial charge is 0.260 e. The fraction of sp³-hybridized carbons (Fsp3) is 0.700. The van der Waals surface area contributed by atoms with Gasteiger partial charge in [-0.05, 0) is 13.1 Å². The molecule has 0 aliphatic carbocycles. The van der Waals surface area contributed by atoms with E-state index >= 15 is 0 Å². The van der Waals surface area contributed by atoms with Gasteiger partial charge in [0.25, 0.3) is 10.0 Å². The van der Waals surface area contributed by atoms with Gasteiger partial charge in [0.1, 0.15) is 0 Å². The Bertz CT molecular complexity index is 459. The summed E-state index contributed by atoms with van der Waals surface area (Å²) >= 11 is 0. The van der Waals surface area contributed by atoms with E-state index in [4.69, 9.17) is 5.73 Å². The van der Waals surface area contributed by atoms with Crippen LogP contribution in [0.5, 0.6) is 0 Å². The average Bonchev–Trinajstić information content (AvgIpc) is 2.65. The van der Waals surface area contributed by atoms with Gasteiger partial charge < -0.3 is 15.2 Å². The second-order valence-electron chi connectivity index (χ2n) is 3.97. The molecule has 0 amide bonds. The fourth-order valence-electron chi connectivity index (χ4n) is 1.71. The lowest BCUT2D eigenvalue weighted by atomic mass is 10.5. The molecule has 0 atom stereocenters. The van der Waals surface area contributed by atoms with Gasteiger partial charge >= 0.3 is 0 Å². The molecule has 0 unspecified atom stereocenters. The Labute approximate surface area is 108 Å². The lowest BCUT2D eigenvalue weighted by Gasteiger charge is -2.18. The molecule has 7 nitrogen and oxygen atoms in total. The molecule has 18 heavy (non-hydrogen) atoms. The highest BCUT2D eigenvalue weighted by Gasteiger charge is 2.21. The molecule has 104 valence electrons. The van der Waals surface area contributed by atoms with Crippen molar-refractivity contribution in [3.63, 3.8) is 0 Å². The predicted octanol–water partition coefficient (Wildman–Crippen LogP) is -0.378. The summed E-state index contributed by atoms with van der Waals surface area (Å²) in [6.07, 6.45) is 1.38. The molecule has 0 saturated carbocycles. The third kappa shape index (κ3) is 3.44. The van der Waals surface area contributed by atoms with E-state index < -0.39 is 10.0 Å². The molecule has 0 aromatic carbocycles. The van der Waals surface area contributed by atoms with Crippen molar-refractivity contribution in [3.8, 4) is 0 Å². The van der Waals surface area contributed by atoms with Crippen LogP contribution in [0, 0.1) is 0 Å². The number of nitrogen functional groups attached to an aromatic ring is 1. The first-order valence-electron chi connectivity index (χ1n) is 5.91. The summed E-state index contributed by atoms with van der Waals surface area (Å²) in [5.74, 6) is 0.0211. The Hall–Kier alpha value is -1.12. The number of likely N-dealkylation sites (N-methyl/N-ethyl adjacent to an activating group) is 1. The standard InChI is InChI=1S/C10H21N5O2S/c1-4-15(5-2)7-6-13-18(16,17)10-9(11)12-8-14(10)3/h8,13H,4-7,11H2,1-3H3. The topological polar surface area (TPSA) is 93.2 Å². The van der Waals surface area contributed by atoms with Crippen molar-refractivity contribution in [2.24, 2.45) is 7.05 Å². The molecule has 1 heterocycles. The number of aryl methyl sites for hydroxylation is 1. The van der Waals surface area contributed by atoms with Crippen LogP contribution in [-0.2, 0) is 17.1 Å². The first kappa shape index (κ1) is 14.9.